The van der Waals surface area contributed by atoms with Gasteiger partial charge in [0.05, 0.1) is 10.5 Å². The van der Waals surface area contributed by atoms with E-state index in [1.54, 1.807) is 0 Å². The lowest BCUT2D eigenvalue weighted by molar-refractivity contribution is -0.384. The summed E-state index contributed by atoms with van der Waals surface area (Å²) in [6, 6.07) is 7.44. The molecular weight excluding hydrogens is 359 g/mol. The lowest BCUT2D eigenvalue weighted by Crippen LogP contribution is -2.23. The van der Waals surface area contributed by atoms with E-state index in [1.807, 2.05) is 0 Å². The van der Waals surface area contributed by atoms with Crippen molar-refractivity contribution < 1.29 is 19.2 Å². The molecule has 8 heteroatoms. The Labute approximate surface area is 132 Å². The van der Waals surface area contributed by atoms with Crippen LogP contribution in [-0.2, 0) is 6.54 Å². The SMILES string of the molecule is O=C(NCc1cc([N+](=O)[O-])ccc1O)c1ccc(Br)cc1F. The number of carbonyl (C=O) groups is 1. The van der Waals surface area contributed by atoms with Gasteiger partial charge in [0.25, 0.3) is 11.6 Å². The highest BCUT2D eigenvalue weighted by atomic mass is 79.9. The molecule has 0 aliphatic rings. The molecule has 2 rings (SSSR count). The van der Waals surface area contributed by atoms with Gasteiger partial charge in [-0.25, -0.2) is 4.39 Å². The van der Waals surface area contributed by atoms with Gasteiger partial charge in [0.2, 0.25) is 0 Å². The fourth-order valence-corrected chi connectivity index (χ4v) is 2.10. The molecule has 22 heavy (non-hydrogen) atoms. The first-order valence-corrected chi connectivity index (χ1v) is 6.87. The minimum Gasteiger partial charge on any atom is -0.508 e. The number of benzene rings is 2. The van der Waals surface area contributed by atoms with Gasteiger partial charge in [0, 0.05) is 28.7 Å². The van der Waals surface area contributed by atoms with E-state index < -0.39 is 16.6 Å². The van der Waals surface area contributed by atoms with Crippen LogP contribution in [0.3, 0.4) is 0 Å². The minimum atomic E-state index is -0.699. The predicted octanol–water partition coefficient (Wildman–Crippen LogP) is 3.13. The standard InChI is InChI=1S/C14H10BrFN2O4/c15-9-1-3-11(12(16)6-9)14(20)17-7-8-5-10(18(21)22)2-4-13(8)19/h1-6,19H,7H2,(H,17,20). The summed E-state index contributed by atoms with van der Waals surface area (Å²) in [5.74, 6) is -1.58. The second kappa shape index (κ2) is 6.52. The number of nitrogens with one attached hydrogen (secondary N) is 1. The van der Waals surface area contributed by atoms with Crippen LogP contribution in [0.4, 0.5) is 10.1 Å². The molecule has 2 aromatic carbocycles. The molecule has 0 atom stereocenters. The zero-order chi connectivity index (χ0) is 16.3. The average molecular weight is 369 g/mol. The Morgan fingerprint density at radius 1 is 1.32 bits per heavy atom. The number of hydrogen-bond donors (Lipinski definition) is 2. The molecule has 0 aliphatic carbocycles. The smallest absolute Gasteiger partial charge is 0.270 e. The van der Waals surface area contributed by atoms with Crippen LogP contribution in [0.25, 0.3) is 0 Å². The lowest BCUT2D eigenvalue weighted by Gasteiger charge is -2.08. The van der Waals surface area contributed by atoms with Gasteiger partial charge in [-0.2, -0.15) is 0 Å². The van der Waals surface area contributed by atoms with Gasteiger partial charge >= 0.3 is 0 Å². The molecule has 2 N–H and O–H groups in total. The highest BCUT2D eigenvalue weighted by molar-refractivity contribution is 9.10. The minimum absolute atomic E-state index is 0.159. The first kappa shape index (κ1) is 15.9. The molecule has 6 nitrogen and oxygen atoms in total. The summed E-state index contributed by atoms with van der Waals surface area (Å²) in [4.78, 5) is 22.0. The van der Waals surface area contributed by atoms with Crippen LogP contribution >= 0.6 is 15.9 Å². The maximum absolute atomic E-state index is 13.6. The molecule has 0 heterocycles. The molecule has 0 saturated heterocycles. The third-order valence-electron chi connectivity index (χ3n) is 2.89. The van der Waals surface area contributed by atoms with E-state index in [-0.39, 0.29) is 29.1 Å². The quantitative estimate of drug-likeness (QED) is 0.640. The van der Waals surface area contributed by atoms with Crippen LogP contribution in [0.2, 0.25) is 0 Å². The maximum atomic E-state index is 13.6. The van der Waals surface area contributed by atoms with Crippen molar-refractivity contribution in [1.82, 2.24) is 5.32 Å². The van der Waals surface area contributed by atoms with E-state index in [4.69, 9.17) is 0 Å². The van der Waals surface area contributed by atoms with E-state index in [9.17, 15) is 24.4 Å². The lowest BCUT2D eigenvalue weighted by atomic mass is 10.1. The Morgan fingerprint density at radius 2 is 2.05 bits per heavy atom. The largest absolute Gasteiger partial charge is 0.508 e. The van der Waals surface area contributed by atoms with Crippen molar-refractivity contribution in [3.05, 3.63) is 67.9 Å². The van der Waals surface area contributed by atoms with Crippen LogP contribution in [0, 0.1) is 15.9 Å². The monoisotopic (exact) mass is 368 g/mol. The van der Waals surface area contributed by atoms with Crippen LogP contribution in [0.5, 0.6) is 5.75 Å². The Kier molecular flexibility index (Phi) is 4.71. The molecule has 0 unspecified atom stereocenters. The van der Waals surface area contributed by atoms with Gasteiger partial charge in [-0.15, -0.1) is 0 Å². The maximum Gasteiger partial charge on any atom is 0.270 e. The molecule has 0 aliphatic heterocycles. The first-order chi connectivity index (χ1) is 10.4. The fraction of sp³-hybridized carbons (Fsp3) is 0.0714. The Bertz CT molecular complexity index is 752. The number of amides is 1. The molecule has 114 valence electrons. The molecule has 0 radical (unpaired) electrons. The van der Waals surface area contributed by atoms with Gasteiger partial charge < -0.3 is 10.4 Å². The molecule has 0 spiro atoms. The van der Waals surface area contributed by atoms with E-state index in [0.717, 1.165) is 18.2 Å². The van der Waals surface area contributed by atoms with Crippen molar-refractivity contribution in [2.45, 2.75) is 6.54 Å². The number of hydrogen-bond acceptors (Lipinski definition) is 4. The van der Waals surface area contributed by atoms with Crippen molar-refractivity contribution in [3.8, 4) is 5.75 Å². The number of carbonyl (C=O) groups excluding carboxylic acids is 1. The number of aromatic hydroxyl groups is 1. The van der Waals surface area contributed by atoms with Crippen molar-refractivity contribution in [3.63, 3.8) is 0 Å². The summed E-state index contributed by atoms with van der Waals surface area (Å²) in [6.07, 6.45) is 0. The first-order valence-electron chi connectivity index (χ1n) is 6.08. The second-order valence-corrected chi connectivity index (χ2v) is 5.29. The van der Waals surface area contributed by atoms with Gasteiger partial charge in [0.15, 0.2) is 0 Å². The summed E-state index contributed by atoms with van der Waals surface area (Å²) < 4.78 is 14.1. The van der Waals surface area contributed by atoms with Crippen LogP contribution in [0.15, 0.2) is 40.9 Å². The van der Waals surface area contributed by atoms with E-state index in [2.05, 4.69) is 21.2 Å². The van der Waals surface area contributed by atoms with E-state index >= 15 is 0 Å². The Morgan fingerprint density at radius 3 is 2.68 bits per heavy atom. The molecule has 0 fully saturated rings. The number of phenolic OH excluding ortho intramolecular Hbond substituents is 1. The topological polar surface area (TPSA) is 92.5 Å². The third-order valence-corrected chi connectivity index (χ3v) is 3.38. The normalized spacial score (nSPS) is 10.3. The Balaban J connectivity index is 2.14. The third kappa shape index (κ3) is 3.59. The van der Waals surface area contributed by atoms with Gasteiger partial charge in [-0.1, -0.05) is 15.9 Å². The second-order valence-electron chi connectivity index (χ2n) is 4.38. The van der Waals surface area contributed by atoms with Crippen LogP contribution in [-0.4, -0.2) is 15.9 Å². The summed E-state index contributed by atoms with van der Waals surface area (Å²) in [5, 5.41) is 22.7. The van der Waals surface area contributed by atoms with E-state index in [1.165, 1.54) is 18.2 Å². The van der Waals surface area contributed by atoms with Crippen LogP contribution < -0.4 is 5.32 Å². The van der Waals surface area contributed by atoms with E-state index in [0.29, 0.717) is 4.47 Å². The van der Waals surface area contributed by atoms with Crippen LogP contribution in [0.1, 0.15) is 15.9 Å². The predicted molar refractivity (Wildman–Crippen MR) is 80.0 cm³/mol. The van der Waals surface area contributed by atoms with Crippen molar-refractivity contribution in [2.24, 2.45) is 0 Å². The molecule has 2 aromatic rings. The summed E-state index contributed by atoms with van der Waals surface area (Å²) in [6.45, 7) is -0.165. The number of phenols is 1. The Hall–Kier alpha value is -2.48. The molecule has 1 amide bonds. The number of nitro groups is 1. The zero-order valence-electron chi connectivity index (χ0n) is 11.0. The summed E-state index contributed by atoms with van der Waals surface area (Å²) in [7, 11) is 0. The zero-order valence-corrected chi connectivity index (χ0v) is 12.6. The highest BCUT2D eigenvalue weighted by Gasteiger charge is 2.14. The van der Waals surface area contributed by atoms with Gasteiger partial charge in [-0.3, -0.25) is 14.9 Å². The van der Waals surface area contributed by atoms with Crippen molar-refractivity contribution in [2.75, 3.05) is 0 Å². The number of rotatable bonds is 4. The molecule has 0 bridgehead atoms. The highest BCUT2D eigenvalue weighted by Crippen LogP contribution is 2.23. The summed E-state index contributed by atoms with van der Waals surface area (Å²) >= 11 is 3.08. The summed E-state index contributed by atoms with van der Waals surface area (Å²) in [5.41, 5.74) is -0.204. The molecular formula is C14H10BrFN2O4. The molecule has 0 aromatic heterocycles. The number of nitro benzene ring substituents is 1. The molecule has 0 saturated carbocycles. The van der Waals surface area contributed by atoms with Crippen molar-refractivity contribution in [1.29, 1.82) is 0 Å². The average Bonchev–Trinajstić information content (AvgIpc) is 2.45. The number of non-ortho nitro benzene ring substituents is 1. The van der Waals surface area contributed by atoms with Crippen molar-refractivity contribution >= 4 is 27.5 Å². The van der Waals surface area contributed by atoms with Gasteiger partial charge in [-0.05, 0) is 24.3 Å². The number of halogens is 2. The number of nitrogens with zero attached hydrogens (tertiary/aromatic N) is 1. The van der Waals surface area contributed by atoms with Gasteiger partial charge in [0.1, 0.15) is 11.6 Å². The fourth-order valence-electron chi connectivity index (χ4n) is 1.77.